The third kappa shape index (κ3) is 4.46. The lowest BCUT2D eigenvalue weighted by atomic mass is 9.98. The Morgan fingerprint density at radius 1 is 1.32 bits per heavy atom. The summed E-state index contributed by atoms with van der Waals surface area (Å²) in [4.78, 5) is 16.8. The van der Waals surface area contributed by atoms with Crippen molar-refractivity contribution in [1.82, 2.24) is 15.1 Å². The molecular weight excluding hydrogens is 238 g/mol. The minimum absolute atomic E-state index is 0.342. The van der Waals surface area contributed by atoms with Gasteiger partial charge in [0, 0.05) is 19.1 Å². The maximum absolute atomic E-state index is 12.3. The van der Waals surface area contributed by atoms with E-state index in [-0.39, 0.29) is 0 Å². The van der Waals surface area contributed by atoms with Gasteiger partial charge in [-0.25, -0.2) is 0 Å². The van der Waals surface area contributed by atoms with Gasteiger partial charge in [0.05, 0.1) is 6.54 Å². The molecule has 110 valence electrons. The quantitative estimate of drug-likeness (QED) is 0.755. The van der Waals surface area contributed by atoms with E-state index in [1.165, 1.54) is 25.7 Å². The third-order valence-electron chi connectivity index (χ3n) is 4.29. The molecule has 0 aromatic heterocycles. The summed E-state index contributed by atoms with van der Waals surface area (Å²) in [5, 5.41) is 3.43. The van der Waals surface area contributed by atoms with Crippen LogP contribution in [0.25, 0.3) is 0 Å². The first-order chi connectivity index (χ1) is 9.24. The molecular formula is C15H29N3O. The fourth-order valence-corrected chi connectivity index (χ4v) is 3.12. The number of rotatable bonds is 7. The van der Waals surface area contributed by atoms with Gasteiger partial charge in [0.2, 0.25) is 5.91 Å². The van der Waals surface area contributed by atoms with E-state index in [0.717, 1.165) is 38.6 Å². The minimum atomic E-state index is 0.342. The summed E-state index contributed by atoms with van der Waals surface area (Å²) in [6.45, 7) is 10.1. The van der Waals surface area contributed by atoms with Gasteiger partial charge in [-0.05, 0) is 58.2 Å². The molecule has 1 saturated carbocycles. The highest BCUT2D eigenvalue weighted by molar-refractivity contribution is 5.78. The van der Waals surface area contributed by atoms with Crippen LogP contribution in [0.2, 0.25) is 0 Å². The van der Waals surface area contributed by atoms with E-state index in [9.17, 15) is 4.79 Å². The van der Waals surface area contributed by atoms with E-state index >= 15 is 0 Å². The highest BCUT2D eigenvalue weighted by Crippen LogP contribution is 2.27. The average Bonchev–Trinajstić information content (AvgIpc) is 3.22. The number of likely N-dealkylation sites (tertiary alicyclic amines) is 1. The van der Waals surface area contributed by atoms with Gasteiger partial charge < -0.3 is 10.2 Å². The van der Waals surface area contributed by atoms with Gasteiger partial charge in [0.25, 0.3) is 0 Å². The first kappa shape index (κ1) is 14.8. The van der Waals surface area contributed by atoms with Crippen molar-refractivity contribution in [2.45, 2.75) is 45.6 Å². The van der Waals surface area contributed by atoms with Crippen LogP contribution in [-0.4, -0.2) is 61.0 Å². The van der Waals surface area contributed by atoms with Gasteiger partial charge >= 0.3 is 0 Å². The van der Waals surface area contributed by atoms with Gasteiger partial charge in [0.15, 0.2) is 0 Å². The van der Waals surface area contributed by atoms with Crippen LogP contribution in [0.5, 0.6) is 0 Å². The van der Waals surface area contributed by atoms with E-state index in [2.05, 4.69) is 29.0 Å². The lowest BCUT2D eigenvalue weighted by molar-refractivity contribution is -0.133. The Kier molecular flexibility index (Phi) is 5.64. The first-order valence-electron chi connectivity index (χ1n) is 7.97. The van der Waals surface area contributed by atoms with Crippen molar-refractivity contribution in [3.63, 3.8) is 0 Å². The van der Waals surface area contributed by atoms with Crippen molar-refractivity contribution in [2.24, 2.45) is 5.92 Å². The Hall–Kier alpha value is -0.610. The Labute approximate surface area is 117 Å². The predicted molar refractivity (Wildman–Crippen MR) is 78.1 cm³/mol. The summed E-state index contributed by atoms with van der Waals surface area (Å²) < 4.78 is 0. The van der Waals surface area contributed by atoms with Crippen LogP contribution in [0.3, 0.4) is 0 Å². The summed E-state index contributed by atoms with van der Waals surface area (Å²) in [7, 11) is 0. The van der Waals surface area contributed by atoms with Gasteiger partial charge in [-0.3, -0.25) is 9.69 Å². The number of hydrogen-bond acceptors (Lipinski definition) is 3. The van der Waals surface area contributed by atoms with Crippen LogP contribution in [0.4, 0.5) is 0 Å². The van der Waals surface area contributed by atoms with E-state index < -0.39 is 0 Å². The zero-order valence-corrected chi connectivity index (χ0v) is 12.5. The molecule has 1 aliphatic heterocycles. The Morgan fingerprint density at radius 3 is 2.74 bits per heavy atom. The second kappa shape index (κ2) is 7.25. The zero-order chi connectivity index (χ0) is 13.7. The van der Waals surface area contributed by atoms with Crippen molar-refractivity contribution in [3.8, 4) is 0 Å². The number of likely N-dealkylation sites (N-methyl/N-ethyl adjacent to an activating group) is 1. The SMILES string of the molecule is CCNCC1CCCN(CC(=O)N(CC)C2CC2)C1. The number of amides is 1. The molecule has 1 heterocycles. The standard InChI is InChI=1S/C15H29N3O/c1-3-16-10-13-6-5-9-17(11-13)12-15(19)18(4-2)14-7-8-14/h13-14,16H,3-12H2,1-2H3. The molecule has 2 aliphatic rings. The molecule has 4 heteroatoms. The first-order valence-corrected chi connectivity index (χ1v) is 7.97. The Morgan fingerprint density at radius 2 is 2.11 bits per heavy atom. The minimum Gasteiger partial charge on any atom is -0.339 e. The van der Waals surface area contributed by atoms with Gasteiger partial charge in [-0.2, -0.15) is 0 Å². The molecule has 0 bridgehead atoms. The van der Waals surface area contributed by atoms with E-state index in [1.54, 1.807) is 0 Å². The van der Waals surface area contributed by atoms with Gasteiger partial charge in [-0.1, -0.05) is 6.92 Å². The summed E-state index contributed by atoms with van der Waals surface area (Å²) in [6.07, 6.45) is 4.96. The summed E-state index contributed by atoms with van der Waals surface area (Å²) in [6, 6.07) is 0.555. The molecule has 0 spiro atoms. The number of nitrogens with one attached hydrogen (secondary N) is 1. The zero-order valence-electron chi connectivity index (χ0n) is 12.5. The van der Waals surface area contributed by atoms with Crippen molar-refractivity contribution in [2.75, 3.05) is 39.3 Å². The number of carbonyl (C=O) groups is 1. The summed E-state index contributed by atoms with van der Waals surface area (Å²) >= 11 is 0. The summed E-state index contributed by atoms with van der Waals surface area (Å²) in [5.74, 6) is 1.06. The fourth-order valence-electron chi connectivity index (χ4n) is 3.12. The number of nitrogens with zero attached hydrogens (tertiary/aromatic N) is 2. The Balaban J connectivity index is 1.76. The van der Waals surface area contributed by atoms with E-state index in [0.29, 0.717) is 18.5 Å². The monoisotopic (exact) mass is 267 g/mol. The molecule has 0 aromatic carbocycles. The molecule has 19 heavy (non-hydrogen) atoms. The topological polar surface area (TPSA) is 35.6 Å². The van der Waals surface area contributed by atoms with E-state index in [4.69, 9.17) is 0 Å². The number of hydrogen-bond donors (Lipinski definition) is 1. The maximum atomic E-state index is 12.3. The van der Waals surface area contributed by atoms with Crippen LogP contribution in [0.15, 0.2) is 0 Å². The second-order valence-corrected chi connectivity index (χ2v) is 5.96. The van der Waals surface area contributed by atoms with Crippen LogP contribution >= 0.6 is 0 Å². The van der Waals surface area contributed by atoms with Crippen molar-refractivity contribution >= 4 is 5.91 Å². The number of piperidine rings is 1. The number of carbonyl (C=O) groups excluding carboxylic acids is 1. The molecule has 1 amide bonds. The van der Waals surface area contributed by atoms with Crippen LogP contribution in [0, 0.1) is 5.92 Å². The molecule has 0 radical (unpaired) electrons. The molecule has 2 rings (SSSR count). The van der Waals surface area contributed by atoms with Crippen LogP contribution < -0.4 is 5.32 Å². The normalized spacial score (nSPS) is 24.4. The average molecular weight is 267 g/mol. The highest BCUT2D eigenvalue weighted by atomic mass is 16.2. The molecule has 1 unspecified atom stereocenters. The highest BCUT2D eigenvalue weighted by Gasteiger charge is 2.32. The molecule has 1 aliphatic carbocycles. The fraction of sp³-hybridized carbons (Fsp3) is 0.933. The Bertz CT molecular complexity index is 291. The van der Waals surface area contributed by atoms with Gasteiger partial charge in [-0.15, -0.1) is 0 Å². The predicted octanol–water partition coefficient (Wildman–Crippen LogP) is 1.32. The molecule has 1 saturated heterocycles. The molecule has 1 N–H and O–H groups in total. The third-order valence-corrected chi connectivity index (χ3v) is 4.29. The molecule has 1 atom stereocenters. The van der Waals surface area contributed by atoms with E-state index in [1.807, 2.05) is 0 Å². The van der Waals surface area contributed by atoms with Crippen molar-refractivity contribution in [1.29, 1.82) is 0 Å². The largest absolute Gasteiger partial charge is 0.339 e. The second-order valence-electron chi connectivity index (χ2n) is 5.96. The smallest absolute Gasteiger partial charge is 0.236 e. The van der Waals surface area contributed by atoms with Crippen molar-refractivity contribution < 1.29 is 4.79 Å². The molecule has 0 aromatic rings. The molecule has 4 nitrogen and oxygen atoms in total. The maximum Gasteiger partial charge on any atom is 0.236 e. The lowest BCUT2D eigenvalue weighted by Crippen LogP contribution is -2.46. The van der Waals surface area contributed by atoms with Crippen LogP contribution in [-0.2, 0) is 4.79 Å². The van der Waals surface area contributed by atoms with Crippen LogP contribution in [0.1, 0.15) is 39.5 Å². The lowest BCUT2D eigenvalue weighted by Gasteiger charge is -2.33. The molecule has 2 fully saturated rings. The summed E-state index contributed by atoms with van der Waals surface area (Å²) in [5.41, 5.74) is 0. The van der Waals surface area contributed by atoms with Gasteiger partial charge in [0.1, 0.15) is 0 Å². The van der Waals surface area contributed by atoms with Crippen molar-refractivity contribution in [3.05, 3.63) is 0 Å².